The summed E-state index contributed by atoms with van der Waals surface area (Å²) >= 11 is 0. The van der Waals surface area contributed by atoms with Crippen molar-refractivity contribution in [1.29, 1.82) is 0 Å². The van der Waals surface area contributed by atoms with E-state index >= 15 is 0 Å². The van der Waals surface area contributed by atoms with Crippen LogP contribution in [0.25, 0.3) is 12.2 Å². The Morgan fingerprint density at radius 2 is 1.80 bits per heavy atom. The number of nitrogens with zero attached hydrogens (tertiary/aromatic N) is 1. The third kappa shape index (κ3) is 3.59. The molecular formula is C16H17NO3. The molecule has 2 aromatic rings. The molecule has 0 saturated heterocycles. The van der Waals surface area contributed by atoms with E-state index in [0.717, 1.165) is 11.3 Å². The van der Waals surface area contributed by atoms with Crippen LogP contribution in [0.1, 0.15) is 21.9 Å². The molecular weight excluding hydrogens is 254 g/mol. The van der Waals surface area contributed by atoms with Gasteiger partial charge in [-0.2, -0.15) is 0 Å². The van der Waals surface area contributed by atoms with Crippen LogP contribution in [0.15, 0.2) is 40.8 Å². The maximum Gasteiger partial charge on any atom is 0.185 e. The smallest absolute Gasteiger partial charge is 0.185 e. The van der Waals surface area contributed by atoms with Crippen molar-refractivity contribution in [3.8, 4) is 0 Å². The van der Waals surface area contributed by atoms with Crippen LogP contribution in [-0.2, 0) is 0 Å². The van der Waals surface area contributed by atoms with Crippen molar-refractivity contribution >= 4 is 24.1 Å². The number of aldehydes is 1. The van der Waals surface area contributed by atoms with E-state index in [1.165, 1.54) is 0 Å². The zero-order valence-electron chi connectivity index (χ0n) is 11.3. The SMILES string of the molecule is CN(CCO)c1ccc(/C=C/c2ccc(C=O)o2)cc1. The quantitative estimate of drug-likeness (QED) is 0.821. The molecule has 4 nitrogen and oxygen atoms in total. The predicted octanol–water partition coefficient (Wildman–Crippen LogP) is 2.69. The first-order chi connectivity index (χ1) is 9.72. The summed E-state index contributed by atoms with van der Waals surface area (Å²) < 4.78 is 5.26. The third-order valence-electron chi connectivity index (χ3n) is 2.97. The van der Waals surface area contributed by atoms with E-state index in [4.69, 9.17) is 9.52 Å². The van der Waals surface area contributed by atoms with Gasteiger partial charge < -0.3 is 14.4 Å². The van der Waals surface area contributed by atoms with Crippen LogP contribution in [0.3, 0.4) is 0 Å². The minimum atomic E-state index is 0.135. The molecule has 0 spiro atoms. The lowest BCUT2D eigenvalue weighted by Crippen LogP contribution is -2.20. The number of rotatable bonds is 6. The zero-order valence-corrected chi connectivity index (χ0v) is 11.3. The van der Waals surface area contributed by atoms with Gasteiger partial charge in [0.1, 0.15) is 5.76 Å². The molecule has 0 aliphatic carbocycles. The molecule has 2 rings (SSSR count). The van der Waals surface area contributed by atoms with E-state index < -0.39 is 0 Å². The van der Waals surface area contributed by atoms with Gasteiger partial charge in [0, 0.05) is 19.3 Å². The molecule has 0 bridgehead atoms. The van der Waals surface area contributed by atoms with Gasteiger partial charge in [0.25, 0.3) is 0 Å². The average molecular weight is 271 g/mol. The lowest BCUT2D eigenvalue weighted by Gasteiger charge is -2.17. The number of aliphatic hydroxyl groups excluding tert-OH is 1. The van der Waals surface area contributed by atoms with Crippen LogP contribution in [0.2, 0.25) is 0 Å². The topological polar surface area (TPSA) is 53.7 Å². The molecule has 0 unspecified atom stereocenters. The Hall–Kier alpha value is -2.33. The Labute approximate surface area is 117 Å². The fourth-order valence-electron chi connectivity index (χ4n) is 1.82. The highest BCUT2D eigenvalue weighted by Gasteiger charge is 1.99. The van der Waals surface area contributed by atoms with Crippen molar-refractivity contribution in [1.82, 2.24) is 0 Å². The summed E-state index contributed by atoms with van der Waals surface area (Å²) in [5.74, 6) is 0.971. The van der Waals surface area contributed by atoms with Gasteiger partial charge in [-0.3, -0.25) is 4.79 Å². The summed E-state index contributed by atoms with van der Waals surface area (Å²) in [6.45, 7) is 0.742. The van der Waals surface area contributed by atoms with E-state index in [1.807, 2.05) is 48.4 Å². The number of hydrogen-bond donors (Lipinski definition) is 1. The first kappa shape index (κ1) is 14.1. The summed E-state index contributed by atoms with van der Waals surface area (Å²) in [6, 6.07) is 11.4. The fraction of sp³-hybridized carbons (Fsp3) is 0.188. The Kier molecular flexibility index (Phi) is 4.74. The molecule has 0 amide bonds. The molecule has 0 fully saturated rings. The molecule has 0 atom stereocenters. The van der Waals surface area contributed by atoms with Gasteiger partial charge in [0.2, 0.25) is 0 Å². The number of likely N-dealkylation sites (N-methyl/N-ethyl adjacent to an activating group) is 1. The molecule has 20 heavy (non-hydrogen) atoms. The molecule has 1 aromatic heterocycles. The lowest BCUT2D eigenvalue weighted by atomic mass is 10.2. The van der Waals surface area contributed by atoms with Crippen molar-refractivity contribution in [2.75, 3.05) is 25.1 Å². The largest absolute Gasteiger partial charge is 0.454 e. The fourth-order valence-corrected chi connectivity index (χ4v) is 1.82. The van der Waals surface area contributed by atoms with E-state index in [-0.39, 0.29) is 6.61 Å². The van der Waals surface area contributed by atoms with Gasteiger partial charge in [-0.05, 0) is 35.9 Å². The van der Waals surface area contributed by atoms with Gasteiger partial charge in [0.05, 0.1) is 6.61 Å². The number of anilines is 1. The highest BCUT2D eigenvalue weighted by atomic mass is 16.3. The number of carbonyl (C=O) groups is 1. The number of furan rings is 1. The Bertz CT molecular complexity index is 584. The normalized spacial score (nSPS) is 10.9. The van der Waals surface area contributed by atoms with Crippen molar-refractivity contribution in [2.45, 2.75) is 0 Å². The van der Waals surface area contributed by atoms with Gasteiger partial charge in [0.15, 0.2) is 12.0 Å². The highest BCUT2D eigenvalue weighted by molar-refractivity contribution is 5.73. The second-order valence-corrected chi connectivity index (χ2v) is 4.43. The van der Waals surface area contributed by atoms with E-state index in [9.17, 15) is 4.79 Å². The first-order valence-corrected chi connectivity index (χ1v) is 6.38. The maximum atomic E-state index is 10.5. The number of hydrogen-bond acceptors (Lipinski definition) is 4. The van der Waals surface area contributed by atoms with Crippen LogP contribution in [0.4, 0.5) is 5.69 Å². The Morgan fingerprint density at radius 3 is 2.40 bits per heavy atom. The minimum Gasteiger partial charge on any atom is -0.454 e. The summed E-state index contributed by atoms with van der Waals surface area (Å²) in [6.07, 6.45) is 4.42. The summed E-state index contributed by atoms with van der Waals surface area (Å²) in [7, 11) is 1.94. The van der Waals surface area contributed by atoms with Crippen LogP contribution in [-0.4, -0.2) is 31.6 Å². The number of benzene rings is 1. The molecule has 0 saturated carbocycles. The molecule has 0 aliphatic heterocycles. The van der Waals surface area contributed by atoms with E-state index in [0.29, 0.717) is 24.4 Å². The Morgan fingerprint density at radius 1 is 1.10 bits per heavy atom. The molecule has 4 heteroatoms. The standard InChI is InChI=1S/C16H17NO3/c1-17(10-11-18)14-5-2-13(3-6-14)4-7-15-8-9-16(12-19)20-15/h2-9,12,18H,10-11H2,1H3/b7-4+. The van der Waals surface area contributed by atoms with Crippen LogP contribution < -0.4 is 4.90 Å². The lowest BCUT2D eigenvalue weighted by molar-refractivity contribution is 0.110. The molecule has 1 heterocycles. The van der Waals surface area contributed by atoms with Gasteiger partial charge >= 0.3 is 0 Å². The zero-order chi connectivity index (χ0) is 14.4. The number of carbonyl (C=O) groups excluding carboxylic acids is 1. The molecule has 1 aromatic carbocycles. The predicted molar refractivity (Wildman–Crippen MR) is 79.8 cm³/mol. The third-order valence-corrected chi connectivity index (χ3v) is 2.97. The van der Waals surface area contributed by atoms with E-state index in [2.05, 4.69) is 0 Å². The van der Waals surface area contributed by atoms with Gasteiger partial charge in [-0.15, -0.1) is 0 Å². The average Bonchev–Trinajstić information content (AvgIpc) is 2.94. The molecule has 0 radical (unpaired) electrons. The summed E-state index contributed by atoms with van der Waals surface area (Å²) in [5.41, 5.74) is 2.09. The minimum absolute atomic E-state index is 0.135. The highest BCUT2D eigenvalue weighted by Crippen LogP contribution is 2.16. The second kappa shape index (κ2) is 6.73. The number of aliphatic hydroxyl groups is 1. The van der Waals surface area contributed by atoms with Gasteiger partial charge in [-0.25, -0.2) is 0 Å². The van der Waals surface area contributed by atoms with Crippen molar-refractivity contribution in [3.05, 3.63) is 53.5 Å². The van der Waals surface area contributed by atoms with Crippen molar-refractivity contribution in [2.24, 2.45) is 0 Å². The second-order valence-electron chi connectivity index (χ2n) is 4.43. The molecule has 0 aliphatic rings. The Balaban J connectivity index is 2.04. The summed E-state index contributed by atoms with van der Waals surface area (Å²) in [4.78, 5) is 12.5. The summed E-state index contributed by atoms with van der Waals surface area (Å²) in [5, 5.41) is 8.90. The van der Waals surface area contributed by atoms with Crippen LogP contribution in [0.5, 0.6) is 0 Å². The molecule has 1 N–H and O–H groups in total. The van der Waals surface area contributed by atoms with Crippen LogP contribution in [0, 0.1) is 0 Å². The maximum absolute atomic E-state index is 10.5. The van der Waals surface area contributed by atoms with Crippen molar-refractivity contribution in [3.63, 3.8) is 0 Å². The first-order valence-electron chi connectivity index (χ1n) is 6.38. The van der Waals surface area contributed by atoms with Gasteiger partial charge in [-0.1, -0.05) is 18.2 Å². The molecule has 104 valence electrons. The van der Waals surface area contributed by atoms with E-state index in [1.54, 1.807) is 12.1 Å². The van der Waals surface area contributed by atoms with Crippen molar-refractivity contribution < 1.29 is 14.3 Å². The monoisotopic (exact) mass is 271 g/mol. The van der Waals surface area contributed by atoms with Crippen LogP contribution >= 0.6 is 0 Å².